The highest BCUT2D eigenvalue weighted by Gasteiger charge is 2.15. The number of carbonyl (C=O) groups is 1. The van der Waals surface area contributed by atoms with Crippen LogP contribution >= 0.6 is 12.4 Å². The minimum absolute atomic E-state index is 0. The van der Waals surface area contributed by atoms with Crippen molar-refractivity contribution in [3.8, 4) is 0 Å². The second-order valence-corrected chi connectivity index (χ2v) is 8.91. The van der Waals surface area contributed by atoms with E-state index in [-0.39, 0.29) is 35.6 Å². The molecular formula is C21H27ClN4O3S. The van der Waals surface area contributed by atoms with Gasteiger partial charge in [0.1, 0.15) is 11.7 Å². The number of nitrogens with one attached hydrogen (secondary N) is 2. The number of hydrogen-bond donors (Lipinski definition) is 2. The standard InChI is InChI=1S/C21H26N4O3S.ClH/c1-25(14-11-17-7-9-18(10-8-17)21-23-12-13-24-21)20(26)15-22-16-29(27,28)19-5-3-2-4-6-19;/h2-10,22H,11-16H2,1H3,(H,23,24);1H. The molecule has 3 rings (SSSR count). The number of rotatable bonds is 9. The summed E-state index contributed by atoms with van der Waals surface area (Å²) < 4.78 is 24.4. The maximum atomic E-state index is 12.3. The first kappa shape index (κ1) is 23.9. The molecule has 0 aromatic heterocycles. The Morgan fingerprint density at radius 3 is 2.47 bits per heavy atom. The molecule has 0 saturated heterocycles. The topological polar surface area (TPSA) is 90.9 Å². The van der Waals surface area contributed by atoms with Crippen molar-refractivity contribution in [1.82, 2.24) is 15.5 Å². The van der Waals surface area contributed by atoms with Gasteiger partial charge in [-0.1, -0.05) is 42.5 Å². The van der Waals surface area contributed by atoms with Crippen LogP contribution in [0.4, 0.5) is 0 Å². The third kappa shape index (κ3) is 6.55. The fourth-order valence-corrected chi connectivity index (χ4v) is 4.09. The largest absolute Gasteiger partial charge is 0.368 e. The average Bonchev–Trinajstić information content (AvgIpc) is 3.28. The van der Waals surface area contributed by atoms with Gasteiger partial charge in [-0.25, -0.2) is 8.42 Å². The van der Waals surface area contributed by atoms with E-state index in [4.69, 9.17) is 0 Å². The van der Waals surface area contributed by atoms with E-state index in [0.717, 1.165) is 36.5 Å². The second kappa shape index (κ2) is 11.1. The molecule has 0 fully saturated rings. The van der Waals surface area contributed by atoms with Crippen molar-refractivity contribution in [2.75, 3.05) is 39.1 Å². The Kier molecular flexibility index (Phi) is 8.83. The highest BCUT2D eigenvalue weighted by atomic mass is 35.5. The van der Waals surface area contributed by atoms with Crippen LogP contribution in [0.1, 0.15) is 11.1 Å². The van der Waals surface area contributed by atoms with Crippen molar-refractivity contribution < 1.29 is 13.2 Å². The van der Waals surface area contributed by atoms with Crippen LogP contribution in [0, 0.1) is 0 Å². The number of benzene rings is 2. The number of sulfone groups is 1. The molecule has 1 amide bonds. The summed E-state index contributed by atoms with van der Waals surface area (Å²) in [4.78, 5) is 18.5. The lowest BCUT2D eigenvalue weighted by atomic mass is 10.1. The normalized spacial score (nSPS) is 13.2. The Labute approximate surface area is 183 Å². The Balaban J connectivity index is 0.00000320. The van der Waals surface area contributed by atoms with Gasteiger partial charge in [-0.3, -0.25) is 15.1 Å². The summed E-state index contributed by atoms with van der Waals surface area (Å²) in [5, 5.41) is 5.99. The van der Waals surface area contributed by atoms with Crippen LogP contribution in [0.5, 0.6) is 0 Å². The first-order chi connectivity index (χ1) is 14.0. The minimum Gasteiger partial charge on any atom is -0.368 e. The SMILES string of the molecule is CN(CCc1ccc(C2=NCCN2)cc1)C(=O)CNCS(=O)(=O)c1ccccc1.Cl. The lowest BCUT2D eigenvalue weighted by Gasteiger charge is -2.17. The molecule has 0 radical (unpaired) electrons. The van der Waals surface area contributed by atoms with E-state index in [1.807, 2.05) is 24.3 Å². The zero-order valence-electron chi connectivity index (χ0n) is 16.9. The predicted octanol–water partition coefficient (Wildman–Crippen LogP) is 1.48. The summed E-state index contributed by atoms with van der Waals surface area (Å²) in [7, 11) is -1.72. The highest BCUT2D eigenvalue weighted by molar-refractivity contribution is 7.91. The predicted molar refractivity (Wildman–Crippen MR) is 121 cm³/mol. The molecule has 0 saturated carbocycles. The number of aliphatic imine (C=N–C) groups is 1. The second-order valence-electron chi connectivity index (χ2n) is 6.92. The molecule has 1 heterocycles. The molecule has 0 bridgehead atoms. The minimum atomic E-state index is -3.44. The molecule has 0 aliphatic carbocycles. The van der Waals surface area contributed by atoms with Crippen molar-refractivity contribution in [3.63, 3.8) is 0 Å². The van der Waals surface area contributed by atoms with Gasteiger partial charge < -0.3 is 10.2 Å². The van der Waals surface area contributed by atoms with Gasteiger partial charge in [0, 0.05) is 25.7 Å². The maximum absolute atomic E-state index is 12.3. The highest BCUT2D eigenvalue weighted by Crippen LogP contribution is 2.09. The Bertz CT molecular complexity index is 964. The summed E-state index contributed by atoms with van der Waals surface area (Å²) in [5.74, 6) is 0.519. The first-order valence-corrected chi connectivity index (χ1v) is 11.2. The molecule has 9 heteroatoms. The summed E-state index contributed by atoms with van der Waals surface area (Å²) >= 11 is 0. The van der Waals surface area contributed by atoms with Gasteiger partial charge in [0.2, 0.25) is 5.91 Å². The maximum Gasteiger partial charge on any atom is 0.236 e. The van der Waals surface area contributed by atoms with Gasteiger partial charge in [-0.05, 0) is 24.1 Å². The van der Waals surface area contributed by atoms with Gasteiger partial charge >= 0.3 is 0 Å². The molecule has 0 atom stereocenters. The van der Waals surface area contributed by atoms with Crippen LogP contribution in [0.15, 0.2) is 64.5 Å². The van der Waals surface area contributed by atoms with Crippen LogP contribution in [-0.4, -0.2) is 64.2 Å². The molecule has 0 unspecified atom stereocenters. The number of nitrogens with zero attached hydrogens (tertiary/aromatic N) is 2. The van der Waals surface area contributed by atoms with E-state index in [2.05, 4.69) is 15.6 Å². The van der Waals surface area contributed by atoms with Gasteiger partial charge in [0.25, 0.3) is 0 Å². The summed E-state index contributed by atoms with van der Waals surface area (Å²) in [6.07, 6.45) is 0.727. The quantitative estimate of drug-likeness (QED) is 0.604. The molecular weight excluding hydrogens is 424 g/mol. The van der Waals surface area contributed by atoms with Gasteiger partial charge in [-0.2, -0.15) is 0 Å². The summed E-state index contributed by atoms with van der Waals surface area (Å²) in [5.41, 5.74) is 2.20. The number of hydrogen-bond acceptors (Lipinski definition) is 6. The number of amidine groups is 1. The van der Waals surface area contributed by atoms with Crippen LogP contribution in [0.2, 0.25) is 0 Å². The molecule has 1 aliphatic rings. The summed E-state index contributed by atoms with van der Waals surface area (Å²) in [6.45, 7) is 2.23. The van der Waals surface area contributed by atoms with E-state index < -0.39 is 9.84 Å². The van der Waals surface area contributed by atoms with E-state index in [1.165, 1.54) is 0 Å². The molecule has 2 N–H and O–H groups in total. The fraction of sp³-hybridized carbons (Fsp3) is 0.333. The molecule has 2 aromatic carbocycles. The molecule has 7 nitrogen and oxygen atoms in total. The molecule has 162 valence electrons. The van der Waals surface area contributed by atoms with E-state index in [1.54, 1.807) is 42.3 Å². The molecule has 1 aliphatic heterocycles. The average molecular weight is 451 g/mol. The van der Waals surface area contributed by atoms with Gasteiger partial charge in [-0.15, -0.1) is 12.4 Å². The number of halogens is 1. The van der Waals surface area contributed by atoms with Crippen LogP contribution in [-0.2, 0) is 21.1 Å². The van der Waals surface area contributed by atoms with Gasteiger partial charge in [0.15, 0.2) is 9.84 Å². The Morgan fingerprint density at radius 2 is 1.83 bits per heavy atom. The first-order valence-electron chi connectivity index (χ1n) is 9.56. The lowest BCUT2D eigenvalue weighted by molar-refractivity contribution is -0.128. The monoisotopic (exact) mass is 450 g/mol. The number of carbonyl (C=O) groups excluding carboxylic acids is 1. The fourth-order valence-electron chi connectivity index (χ4n) is 2.98. The summed E-state index contributed by atoms with van der Waals surface area (Å²) in [6, 6.07) is 16.4. The third-order valence-electron chi connectivity index (χ3n) is 4.73. The number of likely N-dealkylation sites (N-methyl/N-ethyl adjacent to an activating group) is 1. The van der Waals surface area contributed by atoms with Crippen molar-refractivity contribution >= 4 is 34.0 Å². The zero-order chi connectivity index (χ0) is 20.7. The van der Waals surface area contributed by atoms with Crippen LogP contribution < -0.4 is 10.6 Å². The zero-order valence-corrected chi connectivity index (χ0v) is 18.5. The van der Waals surface area contributed by atoms with Crippen LogP contribution in [0.3, 0.4) is 0 Å². The third-order valence-corrected chi connectivity index (χ3v) is 6.31. The molecule has 30 heavy (non-hydrogen) atoms. The van der Waals surface area contributed by atoms with Crippen molar-refractivity contribution in [2.24, 2.45) is 4.99 Å². The smallest absolute Gasteiger partial charge is 0.236 e. The van der Waals surface area contributed by atoms with E-state index in [0.29, 0.717) is 6.54 Å². The van der Waals surface area contributed by atoms with E-state index >= 15 is 0 Å². The molecule has 0 spiro atoms. The Morgan fingerprint density at radius 1 is 1.13 bits per heavy atom. The Hall–Kier alpha value is -2.42. The van der Waals surface area contributed by atoms with Crippen LogP contribution in [0.25, 0.3) is 0 Å². The van der Waals surface area contributed by atoms with E-state index in [9.17, 15) is 13.2 Å². The van der Waals surface area contributed by atoms with Gasteiger partial charge in [0.05, 0.1) is 18.0 Å². The lowest BCUT2D eigenvalue weighted by Crippen LogP contribution is -2.38. The molecule has 2 aromatic rings. The van der Waals surface area contributed by atoms with Crippen molar-refractivity contribution in [3.05, 3.63) is 65.7 Å². The number of amides is 1. The van der Waals surface area contributed by atoms with Crippen molar-refractivity contribution in [1.29, 1.82) is 0 Å². The van der Waals surface area contributed by atoms with Crippen molar-refractivity contribution in [2.45, 2.75) is 11.3 Å².